The molecule has 3 rings (SSSR count). The second-order valence-corrected chi connectivity index (χ2v) is 7.55. The number of benzene rings is 1. The first-order chi connectivity index (χ1) is 12.7. The van der Waals surface area contributed by atoms with Crippen molar-refractivity contribution in [2.24, 2.45) is 0 Å². The molecule has 0 unspecified atom stereocenters. The molecule has 26 heavy (non-hydrogen) atoms. The molecule has 2 aromatic rings. The molecular weight excluding hydrogens is 348 g/mol. The number of carbonyl (C=O) groups is 1. The molecule has 1 saturated heterocycles. The number of carbonyl (C=O) groups excluding carboxylic acids is 1. The van der Waals surface area contributed by atoms with Gasteiger partial charge in [-0.05, 0) is 36.1 Å². The molecule has 6 heteroatoms. The van der Waals surface area contributed by atoms with Gasteiger partial charge in [-0.15, -0.1) is 11.3 Å². The van der Waals surface area contributed by atoms with Crippen molar-refractivity contribution in [2.75, 3.05) is 26.8 Å². The van der Waals surface area contributed by atoms with E-state index in [1.807, 2.05) is 30.3 Å². The highest BCUT2D eigenvalue weighted by Crippen LogP contribution is 2.27. The lowest BCUT2D eigenvalue weighted by atomic mass is 10.1. The van der Waals surface area contributed by atoms with Gasteiger partial charge in [0.25, 0.3) is 0 Å². The largest absolute Gasteiger partial charge is 0.489 e. The molecule has 0 bridgehead atoms. The van der Waals surface area contributed by atoms with Gasteiger partial charge in [-0.2, -0.15) is 0 Å². The van der Waals surface area contributed by atoms with Crippen LogP contribution < -0.4 is 10.1 Å². The summed E-state index contributed by atoms with van der Waals surface area (Å²) in [6.07, 6.45) is 0.703. The summed E-state index contributed by atoms with van der Waals surface area (Å²) in [4.78, 5) is 16.2. The number of amides is 1. The number of ether oxygens (including phenoxy) is 2. The summed E-state index contributed by atoms with van der Waals surface area (Å²) in [5.41, 5.74) is 1.28. The molecule has 0 spiro atoms. The van der Waals surface area contributed by atoms with Crippen LogP contribution in [-0.2, 0) is 16.1 Å². The van der Waals surface area contributed by atoms with Crippen molar-refractivity contribution in [3.8, 4) is 5.75 Å². The molecule has 0 radical (unpaired) electrons. The van der Waals surface area contributed by atoms with E-state index in [2.05, 4.69) is 28.6 Å². The Labute approximate surface area is 158 Å². The Kier molecular flexibility index (Phi) is 6.66. The first-order valence-corrected chi connectivity index (χ1v) is 9.80. The van der Waals surface area contributed by atoms with E-state index >= 15 is 0 Å². The van der Waals surface area contributed by atoms with E-state index in [1.165, 1.54) is 10.4 Å². The van der Waals surface area contributed by atoms with Gasteiger partial charge < -0.3 is 14.8 Å². The van der Waals surface area contributed by atoms with Gasteiger partial charge in [-0.3, -0.25) is 9.69 Å². The fraction of sp³-hybridized carbons (Fsp3) is 0.450. The molecule has 0 aliphatic carbocycles. The SMILES string of the molecule is COCCNC(=O)[C@H]1C[C@H](Oc2ccccc2)CN1Cc1sccc1C. The number of hydrogen-bond acceptors (Lipinski definition) is 5. The molecule has 1 aromatic heterocycles. The third-order valence-electron chi connectivity index (χ3n) is 4.63. The van der Waals surface area contributed by atoms with E-state index in [4.69, 9.17) is 9.47 Å². The Morgan fingerprint density at radius 3 is 2.81 bits per heavy atom. The molecule has 1 fully saturated rings. The summed E-state index contributed by atoms with van der Waals surface area (Å²) < 4.78 is 11.1. The van der Waals surface area contributed by atoms with Gasteiger partial charge in [0, 0.05) is 38.0 Å². The van der Waals surface area contributed by atoms with Crippen LogP contribution in [0.15, 0.2) is 41.8 Å². The smallest absolute Gasteiger partial charge is 0.237 e. The number of nitrogens with zero attached hydrogens (tertiary/aromatic N) is 1. The van der Waals surface area contributed by atoms with Crippen molar-refractivity contribution < 1.29 is 14.3 Å². The van der Waals surface area contributed by atoms with Gasteiger partial charge in [-0.1, -0.05) is 18.2 Å². The van der Waals surface area contributed by atoms with Crippen LogP contribution in [0.3, 0.4) is 0 Å². The Bertz CT molecular complexity index is 704. The van der Waals surface area contributed by atoms with Gasteiger partial charge in [0.05, 0.1) is 12.6 Å². The highest BCUT2D eigenvalue weighted by Gasteiger charge is 2.38. The Morgan fingerprint density at radius 1 is 1.31 bits per heavy atom. The number of aryl methyl sites for hydroxylation is 1. The predicted molar refractivity (Wildman–Crippen MR) is 104 cm³/mol. The monoisotopic (exact) mass is 374 g/mol. The van der Waals surface area contributed by atoms with Crippen molar-refractivity contribution >= 4 is 17.2 Å². The normalized spacial score (nSPS) is 20.2. The summed E-state index contributed by atoms with van der Waals surface area (Å²) >= 11 is 1.74. The topological polar surface area (TPSA) is 50.8 Å². The minimum atomic E-state index is -0.179. The molecule has 1 aliphatic rings. The van der Waals surface area contributed by atoms with Crippen LogP contribution in [-0.4, -0.2) is 49.8 Å². The number of likely N-dealkylation sites (tertiary alicyclic amines) is 1. The standard InChI is InChI=1S/C20H26N2O3S/c1-15-8-11-26-19(15)14-22-13-17(25-16-6-4-3-5-7-16)12-18(22)20(23)21-9-10-24-2/h3-8,11,17-18H,9-10,12-14H2,1-2H3,(H,21,23)/t17-,18+/m0/s1. The molecule has 1 aliphatic heterocycles. The summed E-state index contributed by atoms with van der Waals surface area (Å²) in [7, 11) is 1.64. The fourth-order valence-corrected chi connectivity index (χ4v) is 4.16. The van der Waals surface area contributed by atoms with E-state index in [9.17, 15) is 4.79 Å². The first-order valence-electron chi connectivity index (χ1n) is 8.92. The number of para-hydroxylation sites is 1. The molecular formula is C20H26N2O3S. The molecule has 2 heterocycles. The van der Waals surface area contributed by atoms with E-state index in [1.54, 1.807) is 18.4 Å². The highest BCUT2D eigenvalue weighted by atomic mass is 32.1. The second kappa shape index (κ2) is 9.16. The van der Waals surface area contributed by atoms with Crippen molar-refractivity contribution in [2.45, 2.75) is 32.0 Å². The zero-order valence-corrected chi connectivity index (χ0v) is 16.1. The molecule has 2 atom stereocenters. The lowest BCUT2D eigenvalue weighted by Gasteiger charge is -2.23. The molecule has 5 nitrogen and oxygen atoms in total. The first kappa shape index (κ1) is 18.9. The summed E-state index contributed by atoms with van der Waals surface area (Å²) in [5.74, 6) is 0.903. The van der Waals surface area contributed by atoms with Crippen LogP contribution >= 0.6 is 11.3 Å². The van der Waals surface area contributed by atoms with Crippen molar-refractivity contribution in [3.05, 3.63) is 52.2 Å². The summed E-state index contributed by atoms with van der Waals surface area (Å²) in [5, 5.41) is 5.08. The van der Waals surface area contributed by atoms with E-state index in [0.29, 0.717) is 19.6 Å². The van der Waals surface area contributed by atoms with E-state index in [-0.39, 0.29) is 18.1 Å². The number of nitrogens with one attached hydrogen (secondary N) is 1. The van der Waals surface area contributed by atoms with Crippen LogP contribution in [0, 0.1) is 6.92 Å². The maximum absolute atomic E-state index is 12.7. The molecule has 140 valence electrons. The second-order valence-electron chi connectivity index (χ2n) is 6.54. The number of thiophene rings is 1. The van der Waals surface area contributed by atoms with E-state index in [0.717, 1.165) is 18.8 Å². The van der Waals surface area contributed by atoms with Gasteiger partial charge >= 0.3 is 0 Å². The van der Waals surface area contributed by atoms with Crippen LogP contribution in [0.25, 0.3) is 0 Å². The van der Waals surface area contributed by atoms with Gasteiger partial charge in [0.2, 0.25) is 5.91 Å². The van der Waals surface area contributed by atoms with E-state index < -0.39 is 0 Å². The number of methoxy groups -OCH3 is 1. The quantitative estimate of drug-likeness (QED) is 0.722. The number of hydrogen-bond donors (Lipinski definition) is 1. The highest BCUT2D eigenvalue weighted by molar-refractivity contribution is 7.10. The Hall–Kier alpha value is -1.89. The lowest BCUT2D eigenvalue weighted by molar-refractivity contribution is -0.125. The zero-order chi connectivity index (χ0) is 18.4. The Morgan fingerprint density at radius 2 is 2.12 bits per heavy atom. The van der Waals surface area contributed by atoms with Crippen molar-refractivity contribution in [1.82, 2.24) is 10.2 Å². The fourth-order valence-electron chi connectivity index (χ4n) is 3.23. The third kappa shape index (κ3) is 4.84. The average Bonchev–Trinajstić information content (AvgIpc) is 3.23. The average molecular weight is 375 g/mol. The molecule has 0 saturated carbocycles. The lowest BCUT2D eigenvalue weighted by Crippen LogP contribution is -2.43. The maximum atomic E-state index is 12.7. The number of rotatable bonds is 8. The van der Waals surface area contributed by atoms with Crippen LogP contribution in [0.5, 0.6) is 5.75 Å². The van der Waals surface area contributed by atoms with Crippen molar-refractivity contribution in [1.29, 1.82) is 0 Å². The minimum Gasteiger partial charge on any atom is -0.489 e. The van der Waals surface area contributed by atoms with Gasteiger partial charge in [-0.25, -0.2) is 0 Å². The third-order valence-corrected chi connectivity index (χ3v) is 5.64. The molecule has 1 aromatic carbocycles. The van der Waals surface area contributed by atoms with Gasteiger partial charge in [0.15, 0.2) is 0 Å². The Balaban J connectivity index is 1.67. The zero-order valence-electron chi connectivity index (χ0n) is 15.3. The predicted octanol–water partition coefficient (Wildman–Crippen LogP) is 2.84. The maximum Gasteiger partial charge on any atom is 0.237 e. The minimum absolute atomic E-state index is 0.0100. The molecule has 1 amide bonds. The van der Waals surface area contributed by atoms with Gasteiger partial charge in [0.1, 0.15) is 11.9 Å². The summed E-state index contributed by atoms with van der Waals surface area (Å²) in [6.45, 7) is 4.69. The summed E-state index contributed by atoms with van der Waals surface area (Å²) in [6, 6.07) is 11.8. The van der Waals surface area contributed by atoms with Crippen molar-refractivity contribution in [3.63, 3.8) is 0 Å². The van der Waals surface area contributed by atoms with Crippen LogP contribution in [0.2, 0.25) is 0 Å². The van der Waals surface area contributed by atoms with Crippen LogP contribution in [0.4, 0.5) is 0 Å². The van der Waals surface area contributed by atoms with Crippen LogP contribution in [0.1, 0.15) is 16.9 Å². The molecule has 1 N–H and O–H groups in total.